The zero-order valence-corrected chi connectivity index (χ0v) is 22.1. The van der Waals surface area contributed by atoms with Gasteiger partial charge in [-0.05, 0) is 44.0 Å². The summed E-state index contributed by atoms with van der Waals surface area (Å²) in [7, 11) is 0. The number of aliphatic hydroxyl groups is 1. The van der Waals surface area contributed by atoms with Gasteiger partial charge in [-0.25, -0.2) is 0 Å². The first-order chi connectivity index (χ1) is 16.7. The van der Waals surface area contributed by atoms with Gasteiger partial charge in [0.2, 0.25) is 5.91 Å². The third-order valence-corrected chi connectivity index (χ3v) is 8.41. The maximum absolute atomic E-state index is 14.3. The average Bonchev–Trinajstić information content (AvgIpc) is 3.43. The minimum Gasteiger partial charge on any atom is -0.466 e. The number of anilines is 1. The lowest BCUT2D eigenvalue weighted by atomic mass is 9.70. The Morgan fingerprint density at radius 1 is 1.40 bits per heavy atom. The minimum absolute atomic E-state index is 0.174. The van der Waals surface area contributed by atoms with E-state index in [-0.39, 0.29) is 36.4 Å². The number of amides is 2. The van der Waals surface area contributed by atoms with Gasteiger partial charge in [0.25, 0.3) is 5.91 Å². The lowest BCUT2D eigenvalue weighted by molar-refractivity contribution is -0.155. The van der Waals surface area contributed by atoms with Crippen molar-refractivity contribution in [3.63, 3.8) is 0 Å². The summed E-state index contributed by atoms with van der Waals surface area (Å²) in [5, 5.41) is 10.7. The van der Waals surface area contributed by atoms with Crippen LogP contribution < -0.4 is 4.90 Å². The molecule has 7 atom stereocenters. The molecule has 3 saturated heterocycles. The van der Waals surface area contributed by atoms with Crippen molar-refractivity contribution in [3.05, 3.63) is 41.9 Å². The van der Waals surface area contributed by atoms with Gasteiger partial charge in [-0.2, -0.15) is 0 Å². The second-order valence-corrected chi connectivity index (χ2v) is 10.7. The van der Waals surface area contributed by atoms with Crippen molar-refractivity contribution in [1.29, 1.82) is 0 Å². The Labute approximate surface area is 218 Å². The molecule has 3 unspecified atom stereocenters. The molecule has 8 nitrogen and oxygen atoms in total. The van der Waals surface area contributed by atoms with Crippen molar-refractivity contribution in [1.82, 2.24) is 4.90 Å². The van der Waals surface area contributed by atoms with E-state index in [1.54, 1.807) is 37.3 Å². The number of esters is 1. The van der Waals surface area contributed by atoms with E-state index < -0.39 is 41.6 Å². The fraction of sp³-hybridized carbons (Fsp3) is 0.560. The maximum Gasteiger partial charge on any atom is 0.312 e. The first-order valence-electron chi connectivity index (χ1n) is 11.8. The summed E-state index contributed by atoms with van der Waals surface area (Å²) in [4.78, 5) is 44.0. The highest BCUT2D eigenvalue weighted by Gasteiger charge is 2.77. The second-order valence-electron chi connectivity index (χ2n) is 9.12. The number of carbonyl (C=O) groups excluding carboxylic acids is 3. The number of aliphatic hydroxyl groups excluding tert-OH is 1. The Morgan fingerprint density at radius 2 is 2.09 bits per heavy atom. The van der Waals surface area contributed by atoms with Crippen LogP contribution in [0.4, 0.5) is 5.69 Å². The van der Waals surface area contributed by atoms with Gasteiger partial charge in [0.15, 0.2) is 0 Å². The highest BCUT2D eigenvalue weighted by molar-refractivity contribution is 9.09. The molecule has 2 bridgehead atoms. The van der Waals surface area contributed by atoms with Gasteiger partial charge in [0.05, 0.1) is 37.2 Å². The molecule has 3 heterocycles. The number of rotatable bonds is 9. The Bertz CT molecular complexity index is 1000. The molecule has 3 aliphatic heterocycles. The number of likely N-dealkylation sites (tertiary alicyclic amines) is 1. The van der Waals surface area contributed by atoms with Crippen LogP contribution in [0.15, 0.2) is 36.9 Å². The number of ether oxygens (including phenoxy) is 2. The molecule has 3 fully saturated rings. The molecular weight excluding hydrogens is 540 g/mol. The number of benzene rings is 1. The molecule has 190 valence electrons. The van der Waals surface area contributed by atoms with Crippen LogP contribution in [0.2, 0.25) is 5.02 Å². The van der Waals surface area contributed by atoms with E-state index in [2.05, 4.69) is 22.5 Å². The molecule has 0 saturated carbocycles. The predicted molar refractivity (Wildman–Crippen MR) is 134 cm³/mol. The zero-order valence-electron chi connectivity index (χ0n) is 19.7. The molecule has 1 N–H and O–H groups in total. The zero-order chi connectivity index (χ0) is 25.5. The van der Waals surface area contributed by atoms with E-state index >= 15 is 0 Å². The Morgan fingerprint density at radius 3 is 2.66 bits per heavy atom. The number of nitrogens with zero attached hydrogens (tertiary/aromatic N) is 2. The van der Waals surface area contributed by atoms with Crippen molar-refractivity contribution >= 4 is 51.0 Å². The Balaban J connectivity index is 1.83. The van der Waals surface area contributed by atoms with Crippen molar-refractivity contribution in [2.24, 2.45) is 11.8 Å². The van der Waals surface area contributed by atoms with Crippen LogP contribution in [0.5, 0.6) is 0 Å². The van der Waals surface area contributed by atoms with E-state index in [1.807, 2.05) is 6.92 Å². The van der Waals surface area contributed by atoms with Crippen LogP contribution in [-0.2, 0) is 23.9 Å². The molecule has 1 aromatic rings. The lowest BCUT2D eigenvalue weighted by Gasteiger charge is -2.39. The van der Waals surface area contributed by atoms with E-state index in [0.29, 0.717) is 23.6 Å². The summed E-state index contributed by atoms with van der Waals surface area (Å²) in [6.45, 7) is 7.40. The molecule has 0 radical (unpaired) electrons. The van der Waals surface area contributed by atoms with Crippen LogP contribution in [0.1, 0.15) is 26.7 Å². The van der Waals surface area contributed by atoms with E-state index in [4.69, 9.17) is 21.1 Å². The number of fused-ring (bicyclic) bond motifs is 1. The second kappa shape index (κ2) is 10.2. The molecule has 0 aliphatic carbocycles. The van der Waals surface area contributed by atoms with Crippen molar-refractivity contribution < 1.29 is 29.0 Å². The van der Waals surface area contributed by atoms with Crippen molar-refractivity contribution in [2.45, 2.75) is 55.3 Å². The SMILES string of the molecule is C=CCN(C(=O)C1N([C@@H](CC)CO)C(=O)[C@@H]2[C@@H](C(=O)OCC)[C@@H]3OC12CC3Br)c1ccc(Cl)cc1. The number of carbonyl (C=O) groups is 3. The van der Waals surface area contributed by atoms with E-state index in [9.17, 15) is 19.5 Å². The molecule has 1 aromatic carbocycles. The van der Waals surface area contributed by atoms with E-state index in [1.165, 1.54) is 9.80 Å². The number of halogens is 2. The van der Waals surface area contributed by atoms with Crippen LogP contribution in [0, 0.1) is 11.8 Å². The van der Waals surface area contributed by atoms with Gasteiger partial charge < -0.3 is 24.4 Å². The fourth-order valence-corrected chi connectivity index (χ4v) is 6.95. The summed E-state index contributed by atoms with van der Waals surface area (Å²) in [6, 6.07) is 5.19. The van der Waals surface area contributed by atoms with Gasteiger partial charge in [-0.1, -0.05) is 40.5 Å². The quantitative estimate of drug-likeness (QED) is 0.279. The molecule has 0 aromatic heterocycles. The smallest absolute Gasteiger partial charge is 0.312 e. The van der Waals surface area contributed by atoms with Gasteiger partial charge in [-0.3, -0.25) is 14.4 Å². The topological polar surface area (TPSA) is 96.4 Å². The van der Waals surface area contributed by atoms with Crippen LogP contribution in [0.25, 0.3) is 0 Å². The fourth-order valence-electron chi connectivity index (χ4n) is 5.88. The summed E-state index contributed by atoms with van der Waals surface area (Å²) in [6.07, 6.45) is 1.83. The lowest BCUT2D eigenvalue weighted by Crippen LogP contribution is -2.59. The minimum atomic E-state index is -1.22. The first kappa shape index (κ1) is 26.1. The summed E-state index contributed by atoms with van der Waals surface area (Å²) in [5.41, 5.74) is -0.632. The maximum atomic E-state index is 14.3. The summed E-state index contributed by atoms with van der Waals surface area (Å²) < 4.78 is 11.8. The van der Waals surface area contributed by atoms with Crippen LogP contribution in [0.3, 0.4) is 0 Å². The monoisotopic (exact) mass is 568 g/mol. The van der Waals surface area contributed by atoms with Gasteiger partial charge in [-0.15, -0.1) is 6.58 Å². The molecular formula is C25H30BrClN2O6. The van der Waals surface area contributed by atoms with E-state index in [0.717, 1.165) is 0 Å². The molecule has 1 spiro atoms. The van der Waals surface area contributed by atoms with Crippen LogP contribution in [-0.4, -0.2) is 76.2 Å². The van der Waals surface area contributed by atoms with Crippen molar-refractivity contribution in [3.8, 4) is 0 Å². The standard InChI is InChI=1S/C25H30BrClN2O6/c1-4-11-28(16-9-7-14(27)8-10-16)23(32)21-25-12-17(26)20(35-25)18(24(33)34-6-3)19(25)22(31)29(21)15(5-2)13-30/h4,7-10,15,17-21,30H,1,5-6,11-13H2,2-3H3/t15-,17?,18+,19-,20+,21?,25?/m0/s1. The normalized spacial score (nSPS) is 31.9. The molecule has 3 aliphatic rings. The Kier molecular flexibility index (Phi) is 7.62. The van der Waals surface area contributed by atoms with Gasteiger partial charge in [0.1, 0.15) is 11.6 Å². The predicted octanol–water partition coefficient (Wildman–Crippen LogP) is 2.94. The number of hydrogen-bond acceptors (Lipinski definition) is 6. The largest absolute Gasteiger partial charge is 0.466 e. The highest BCUT2D eigenvalue weighted by atomic mass is 79.9. The third-order valence-electron chi connectivity index (χ3n) is 7.31. The summed E-state index contributed by atoms with van der Waals surface area (Å²) >= 11 is 9.69. The Hall–Kier alpha value is -1.94. The molecule has 35 heavy (non-hydrogen) atoms. The van der Waals surface area contributed by atoms with Gasteiger partial charge >= 0.3 is 5.97 Å². The van der Waals surface area contributed by atoms with Gasteiger partial charge in [0, 0.05) is 22.1 Å². The molecule has 10 heteroatoms. The average molecular weight is 570 g/mol. The first-order valence-corrected chi connectivity index (χ1v) is 13.1. The number of hydrogen-bond donors (Lipinski definition) is 1. The van der Waals surface area contributed by atoms with Crippen molar-refractivity contribution in [2.75, 3.05) is 24.7 Å². The summed E-state index contributed by atoms with van der Waals surface area (Å²) in [5.74, 6) is -2.93. The highest BCUT2D eigenvalue weighted by Crippen LogP contribution is 2.60. The molecule has 4 rings (SSSR count). The molecule has 2 amide bonds. The van der Waals surface area contributed by atoms with Crippen LogP contribution >= 0.6 is 27.5 Å². The third kappa shape index (κ3) is 4.10. The number of alkyl halides is 1.